The summed E-state index contributed by atoms with van der Waals surface area (Å²) in [6.45, 7) is 3.18. The normalized spacial score (nSPS) is 12.4. The lowest BCUT2D eigenvalue weighted by Gasteiger charge is -2.14. The number of hydrogen-bond donors (Lipinski definition) is 0. The third-order valence-electron chi connectivity index (χ3n) is 10.9. The Bertz CT molecular complexity index is 2810. The molecular formula is C46H29N. The molecule has 10 aromatic carbocycles. The molecule has 0 fully saturated rings. The Morgan fingerprint density at radius 2 is 0.745 bits per heavy atom. The first-order valence-electron chi connectivity index (χ1n) is 16.6. The van der Waals surface area contributed by atoms with Gasteiger partial charge in [0.2, 0.25) is 0 Å². The van der Waals surface area contributed by atoms with Crippen molar-refractivity contribution in [3.8, 4) is 22.3 Å². The molecular weight excluding hydrogens is 567 g/mol. The molecule has 0 spiro atoms. The van der Waals surface area contributed by atoms with Gasteiger partial charge in [0.05, 0.1) is 0 Å². The first-order chi connectivity index (χ1) is 23.2. The van der Waals surface area contributed by atoms with Gasteiger partial charge in [-0.2, -0.15) is 0 Å². The summed E-state index contributed by atoms with van der Waals surface area (Å²) in [4.78, 5) is 0. The highest BCUT2D eigenvalue weighted by molar-refractivity contribution is 6.27. The second-order valence-electron chi connectivity index (χ2n) is 13.1. The minimum atomic E-state index is 0.927. The summed E-state index contributed by atoms with van der Waals surface area (Å²) >= 11 is 0. The van der Waals surface area contributed by atoms with Crippen LogP contribution >= 0.6 is 0 Å². The molecule has 0 unspecified atom stereocenters. The van der Waals surface area contributed by atoms with Gasteiger partial charge in [-0.3, -0.25) is 0 Å². The number of nitrogens with zero attached hydrogens (tertiary/aromatic N) is 1. The van der Waals surface area contributed by atoms with Crippen molar-refractivity contribution in [1.82, 2.24) is 4.57 Å². The lowest BCUT2D eigenvalue weighted by molar-refractivity contribution is 0.827. The van der Waals surface area contributed by atoms with Gasteiger partial charge < -0.3 is 4.57 Å². The van der Waals surface area contributed by atoms with E-state index in [0.717, 1.165) is 6.54 Å². The van der Waals surface area contributed by atoms with Crippen LogP contribution in [0.1, 0.15) is 6.92 Å². The Morgan fingerprint density at radius 1 is 0.362 bits per heavy atom. The van der Waals surface area contributed by atoms with E-state index < -0.39 is 0 Å². The quantitative estimate of drug-likeness (QED) is 0.179. The minimum absolute atomic E-state index is 0.927. The topological polar surface area (TPSA) is 4.93 Å². The molecule has 0 bridgehead atoms. The van der Waals surface area contributed by atoms with Gasteiger partial charge in [-0.05, 0) is 118 Å². The van der Waals surface area contributed by atoms with E-state index in [1.807, 2.05) is 0 Å². The zero-order chi connectivity index (χ0) is 30.8. The highest BCUT2D eigenvalue weighted by Gasteiger charge is 2.17. The number of fused-ring (bicyclic) bond motifs is 3. The molecule has 0 aliphatic carbocycles. The first-order valence-corrected chi connectivity index (χ1v) is 16.6. The molecule has 11 rings (SSSR count). The number of hydrogen-bond acceptors (Lipinski definition) is 0. The van der Waals surface area contributed by atoms with Crippen LogP contribution in [0.3, 0.4) is 0 Å². The molecule has 47 heavy (non-hydrogen) atoms. The van der Waals surface area contributed by atoms with Crippen LogP contribution in [0.5, 0.6) is 0 Å². The second kappa shape index (κ2) is 9.09. The van der Waals surface area contributed by atoms with Gasteiger partial charge in [0.25, 0.3) is 0 Å². The fourth-order valence-electron chi connectivity index (χ4n) is 8.75. The van der Waals surface area contributed by atoms with Crippen molar-refractivity contribution >= 4 is 86.4 Å². The van der Waals surface area contributed by atoms with Gasteiger partial charge in [-0.1, -0.05) is 121 Å². The molecule has 0 atom stereocenters. The Balaban J connectivity index is 1.16. The van der Waals surface area contributed by atoms with Crippen LogP contribution in [0, 0.1) is 0 Å². The zero-order valence-electron chi connectivity index (χ0n) is 26.0. The maximum absolute atomic E-state index is 2.46. The first kappa shape index (κ1) is 25.3. The predicted molar refractivity (Wildman–Crippen MR) is 203 cm³/mol. The molecule has 0 saturated carbocycles. The highest BCUT2D eigenvalue weighted by atomic mass is 15.0. The summed E-state index contributed by atoms with van der Waals surface area (Å²) in [6.07, 6.45) is 0. The number of aromatic nitrogens is 1. The van der Waals surface area contributed by atoms with Gasteiger partial charge in [-0.25, -0.2) is 0 Å². The SMILES string of the molecule is CCn1c2ccc(-c3ccc4ccc5cccc6ccc3c4c56)cc2c2cc(-c3ccc4ccc5cccc6ccc3c4c56)ccc21. The van der Waals surface area contributed by atoms with Crippen LogP contribution in [-0.4, -0.2) is 4.57 Å². The second-order valence-corrected chi connectivity index (χ2v) is 13.1. The summed E-state index contributed by atoms with van der Waals surface area (Å²) in [6, 6.07) is 55.0. The lowest BCUT2D eigenvalue weighted by atomic mass is 9.89. The van der Waals surface area contributed by atoms with Crippen LogP contribution in [-0.2, 0) is 6.54 Å². The standard InChI is InChI=1S/C46H29N/c1-2-47-41-23-17-33(35-19-13-31-11-9-27-5-3-7-29-15-21-37(35)45(31)43(27)29)25-39(41)40-26-34(18-24-42(40)47)36-20-14-32-12-10-28-6-4-8-30-16-22-38(36)46(32)44(28)30/h3-26H,2H2,1H3. The molecule has 218 valence electrons. The summed E-state index contributed by atoms with van der Waals surface area (Å²) < 4.78 is 2.46. The fourth-order valence-corrected chi connectivity index (χ4v) is 8.75. The van der Waals surface area contributed by atoms with Crippen molar-refractivity contribution in [2.45, 2.75) is 13.5 Å². The van der Waals surface area contributed by atoms with E-state index in [2.05, 4.69) is 157 Å². The molecule has 1 heteroatoms. The average Bonchev–Trinajstić information content (AvgIpc) is 3.45. The maximum atomic E-state index is 2.46. The van der Waals surface area contributed by atoms with E-state index in [0.29, 0.717) is 0 Å². The van der Waals surface area contributed by atoms with Crippen LogP contribution in [0.25, 0.3) is 109 Å². The van der Waals surface area contributed by atoms with Crippen LogP contribution < -0.4 is 0 Å². The average molecular weight is 596 g/mol. The molecule has 0 saturated heterocycles. The van der Waals surface area contributed by atoms with E-state index in [4.69, 9.17) is 0 Å². The Hall–Kier alpha value is -5.92. The molecule has 11 aromatic rings. The third kappa shape index (κ3) is 3.33. The minimum Gasteiger partial charge on any atom is -0.341 e. The molecule has 1 heterocycles. The summed E-state index contributed by atoms with van der Waals surface area (Å²) in [5, 5.41) is 18.5. The van der Waals surface area contributed by atoms with Crippen molar-refractivity contribution in [3.63, 3.8) is 0 Å². The van der Waals surface area contributed by atoms with E-state index in [9.17, 15) is 0 Å². The van der Waals surface area contributed by atoms with Gasteiger partial charge in [-0.15, -0.1) is 0 Å². The van der Waals surface area contributed by atoms with E-state index in [1.54, 1.807) is 0 Å². The van der Waals surface area contributed by atoms with Crippen molar-refractivity contribution in [2.75, 3.05) is 0 Å². The Morgan fingerprint density at radius 3 is 1.17 bits per heavy atom. The van der Waals surface area contributed by atoms with Gasteiger partial charge in [0, 0.05) is 28.4 Å². The van der Waals surface area contributed by atoms with Gasteiger partial charge >= 0.3 is 0 Å². The monoisotopic (exact) mass is 595 g/mol. The van der Waals surface area contributed by atoms with Gasteiger partial charge in [0.15, 0.2) is 0 Å². The fraction of sp³-hybridized carbons (Fsp3) is 0.0435. The summed E-state index contributed by atoms with van der Waals surface area (Å²) in [7, 11) is 0. The highest BCUT2D eigenvalue weighted by Crippen LogP contribution is 2.43. The molecule has 1 nitrogen and oxygen atoms in total. The number of rotatable bonds is 3. The van der Waals surface area contributed by atoms with E-state index in [-0.39, 0.29) is 0 Å². The molecule has 0 aliphatic rings. The van der Waals surface area contributed by atoms with Gasteiger partial charge in [0.1, 0.15) is 0 Å². The summed E-state index contributed by atoms with van der Waals surface area (Å²) in [5.41, 5.74) is 7.68. The largest absolute Gasteiger partial charge is 0.341 e. The Kier molecular flexibility index (Phi) is 4.89. The van der Waals surface area contributed by atoms with Crippen molar-refractivity contribution < 1.29 is 0 Å². The van der Waals surface area contributed by atoms with Crippen LogP contribution in [0.4, 0.5) is 0 Å². The maximum Gasteiger partial charge on any atom is 0.0491 e. The Labute approximate surface area is 271 Å². The van der Waals surface area contributed by atoms with Crippen LogP contribution in [0.15, 0.2) is 146 Å². The molecule has 0 amide bonds. The zero-order valence-corrected chi connectivity index (χ0v) is 26.0. The molecule has 0 radical (unpaired) electrons. The van der Waals surface area contributed by atoms with Crippen molar-refractivity contribution in [2.24, 2.45) is 0 Å². The molecule has 0 aliphatic heterocycles. The lowest BCUT2D eigenvalue weighted by Crippen LogP contribution is -1.93. The third-order valence-corrected chi connectivity index (χ3v) is 10.9. The number of benzene rings is 10. The number of aryl methyl sites for hydroxylation is 1. The van der Waals surface area contributed by atoms with Crippen molar-refractivity contribution in [1.29, 1.82) is 0 Å². The van der Waals surface area contributed by atoms with E-state index >= 15 is 0 Å². The van der Waals surface area contributed by atoms with Crippen molar-refractivity contribution in [3.05, 3.63) is 146 Å². The summed E-state index contributed by atoms with van der Waals surface area (Å²) in [5.74, 6) is 0. The predicted octanol–water partition coefficient (Wildman–Crippen LogP) is 12.9. The smallest absolute Gasteiger partial charge is 0.0491 e. The van der Waals surface area contributed by atoms with E-state index in [1.165, 1.54) is 109 Å². The molecule has 1 aromatic heterocycles. The van der Waals surface area contributed by atoms with Crippen LogP contribution in [0.2, 0.25) is 0 Å². The molecule has 0 N–H and O–H groups in total.